The maximum Gasteiger partial charge on any atom is 0.161 e. The van der Waals surface area contributed by atoms with Crippen LogP contribution in [0.1, 0.15) is 19.4 Å². The zero-order chi connectivity index (χ0) is 25.0. The summed E-state index contributed by atoms with van der Waals surface area (Å²) < 4.78 is 23.5. The number of benzene rings is 2. The molecule has 6 rings (SSSR count). The van der Waals surface area contributed by atoms with Crippen LogP contribution in [0.5, 0.6) is 0 Å². The molecule has 4 heterocycles. The maximum atomic E-state index is 14.7. The number of fused-ring (bicyclic) bond motifs is 2. The Morgan fingerprint density at radius 1 is 1.17 bits per heavy atom. The average Bonchev–Trinajstić information content (AvgIpc) is 3.53. The van der Waals surface area contributed by atoms with Gasteiger partial charge in [0.2, 0.25) is 0 Å². The van der Waals surface area contributed by atoms with Gasteiger partial charge in [-0.15, -0.1) is 0 Å². The van der Waals surface area contributed by atoms with Crippen LogP contribution in [-0.4, -0.2) is 44.7 Å². The van der Waals surface area contributed by atoms with E-state index >= 15 is 0 Å². The third-order valence-corrected chi connectivity index (χ3v) is 6.86. The van der Waals surface area contributed by atoms with Gasteiger partial charge >= 0.3 is 0 Å². The molecule has 1 fully saturated rings. The third-order valence-electron chi connectivity index (χ3n) is 6.56. The quantitative estimate of drug-likeness (QED) is 0.337. The van der Waals surface area contributed by atoms with Crippen LogP contribution in [0.4, 0.5) is 21.6 Å². The minimum Gasteiger partial charge on any atom is -0.472 e. The van der Waals surface area contributed by atoms with Gasteiger partial charge in [-0.25, -0.2) is 4.39 Å². The molecule has 0 radical (unpaired) electrons. The number of nitrogens with one attached hydrogen (secondary N) is 2. The third kappa shape index (κ3) is 4.18. The van der Waals surface area contributed by atoms with Gasteiger partial charge in [0, 0.05) is 60.7 Å². The first-order chi connectivity index (χ1) is 17.3. The first-order valence-electron chi connectivity index (χ1n) is 12.0. The van der Waals surface area contributed by atoms with Gasteiger partial charge in [-0.3, -0.25) is 9.36 Å². The highest BCUT2D eigenvalue weighted by atomic mass is 35.5. The Morgan fingerprint density at radius 2 is 1.97 bits per heavy atom. The molecular weight excluding hydrogens is 481 g/mol. The van der Waals surface area contributed by atoms with Crippen molar-refractivity contribution >= 4 is 50.6 Å². The van der Waals surface area contributed by atoms with Gasteiger partial charge in [-0.2, -0.15) is 10.2 Å². The first kappa shape index (κ1) is 22.9. The number of anilines is 3. The van der Waals surface area contributed by atoms with E-state index in [1.165, 1.54) is 6.07 Å². The molecule has 1 aliphatic heterocycles. The van der Waals surface area contributed by atoms with Crippen LogP contribution in [0, 0.1) is 5.82 Å². The van der Waals surface area contributed by atoms with Crippen LogP contribution in [-0.2, 0) is 13.6 Å². The van der Waals surface area contributed by atoms with Gasteiger partial charge in [-0.05, 0) is 44.2 Å². The summed E-state index contributed by atoms with van der Waals surface area (Å²) in [6.07, 6.45) is 5.14. The Labute approximate surface area is 212 Å². The number of halogens is 2. The second kappa shape index (κ2) is 8.83. The van der Waals surface area contributed by atoms with E-state index in [2.05, 4.69) is 40.5 Å². The number of piperazine rings is 1. The minimum atomic E-state index is -0.395. The second-order valence-electron chi connectivity index (χ2n) is 9.66. The lowest BCUT2D eigenvalue weighted by molar-refractivity contribution is 0.407. The number of hydrogen-bond donors (Lipinski definition) is 2. The van der Waals surface area contributed by atoms with Crippen LogP contribution < -0.4 is 15.5 Å². The Balaban J connectivity index is 1.45. The van der Waals surface area contributed by atoms with Crippen molar-refractivity contribution in [2.45, 2.75) is 32.5 Å². The Hall–Kier alpha value is -3.56. The van der Waals surface area contributed by atoms with Crippen molar-refractivity contribution in [1.29, 1.82) is 0 Å². The number of aryl methyl sites for hydroxylation is 1. The van der Waals surface area contributed by atoms with E-state index in [0.29, 0.717) is 46.1 Å². The smallest absolute Gasteiger partial charge is 0.161 e. The summed E-state index contributed by atoms with van der Waals surface area (Å²) in [4.78, 5) is 2.35. The molecule has 10 heteroatoms. The molecule has 1 saturated heterocycles. The molecule has 8 nitrogen and oxygen atoms in total. The Morgan fingerprint density at radius 3 is 2.72 bits per heavy atom. The zero-order valence-electron chi connectivity index (χ0n) is 20.3. The van der Waals surface area contributed by atoms with E-state index in [-0.39, 0.29) is 0 Å². The number of rotatable bonds is 5. The van der Waals surface area contributed by atoms with Gasteiger partial charge in [0.25, 0.3) is 0 Å². The summed E-state index contributed by atoms with van der Waals surface area (Å²) in [7, 11) is 1.77. The van der Waals surface area contributed by atoms with E-state index in [1.807, 2.05) is 22.9 Å². The SMILES string of the molecule is CC1CN(c2cc(Cl)c3c(Nc4cc(F)c5nn(C)cc5c4)nn(Cc4ccoc4)c3c2)CC(C)N1. The lowest BCUT2D eigenvalue weighted by atomic mass is 10.1. The van der Waals surface area contributed by atoms with E-state index < -0.39 is 5.82 Å². The maximum absolute atomic E-state index is 14.7. The van der Waals surface area contributed by atoms with Crippen LogP contribution in [0.25, 0.3) is 21.8 Å². The lowest BCUT2D eigenvalue weighted by Gasteiger charge is -2.37. The van der Waals surface area contributed by atoms with Crippen LogP contribution in [0.3, 0.4) is 0 Å². The topological polar surface area (TPSA) is 76.1 Å². The lowest BCUT2D eigenvalue weighted by Crippen LogP contribution is -2.54. The summed E-state index contributed by atoms with van der Waals surface area (Å²) in [6.45, 7) is 6.66. The fourth-order valence-corrected chi connectivity index (χ4v) is 5.44. The number of nitrogens with zero attached hydrogens (tertiary/aromatic N) is 5. The number of aromatic nitrogens is 4. The van der Waals surface area contributed by atoms with Crippen molar-refractivity contribution in [2.75, 3.05) is 23.3 Å². The van der Waals surface area contributed by atoms with Gasteiger partial charge in [0.1, 0.15) is 5.52 Å². The molecule has 1 aliphatic rings. The highest BCUT2D eigenvalue weighted by molar-refractivity contribution is 6.37. The molecule has 2 atom stereocenters. The first-order valence-corrected chi connectivity index (χ1v) is 12.3. The average molecular weight is 508 g/mol. The van der Waals surface area contributed by atoms with E-state index in [0.717, 1.165) is 35.2 Å². The molecule has 186 valence electrons. The highest BCUT2D eigenvalue weighted by Gasteiger charge is 2.24. The van der Waals surface area contributed by atoms with Gasteiger partial charge in [0.05, 0.1) is 35.0 Å². The zero-order valence-corrected chi connectivity index (χ0v) is 21.1. The molecule has 0 bridgehead atoms. The van der Waals surface area contributed by atoms with Crippen molar-refractivity contribution in [3.8, 4) is 0 Å². The Kier molecular flexibility index (Phi) is 5.61. The van der Waals surface area contributed by atoms with Gasteiger partial charge in [-0.1, -0.05) is 11.6 Å². The van der Waals surface area contributed by atoms with Crippen molar-refractivity contribution < 1.29 is 8.81 Å². The molecular formula is C26H27ClFN7O. The summed E-state index contributed by atoms with van der Waals surface area (Å²) in [5.74, 6) is 0.169. The molecule has 2 N–H and O–H groups in total. The summed E-state index contributed by atoms with van der Waals surface area (Å²) >= 11 is 6.91. The molecule has 2 unspecified atom stereocenters. The fourth-order valence-electron chi connectivity index (χ4n) is 5.15. The summed E-state index contributed by atoms with van der Waals surface area (Å²) in [6, 6.07) is 10.1. The van der Waals surface area contributed by atoms with E-state index in [4.69, 9.17) is 21.1 Å². The number of furan rings is 1. The fraction of sp³-hybridized carbons (Fsp3) is 0.308. The van der Waals surface area contributed by atoms with Crippen LogP contribution >= 0.6 is 11.6 Å². The van der Waals surface area contributed by atoms with E-state index in [9.17, 15) is 4.39 Å². The van der Waals surface area contributed by atoms with Crippen molar-refractivity contribution in [3.63, 3.8) is 0 Å². The Bertz CT molecular complexity index is 1550. The van der Waals surface area contributed by atoms with Crippen molar-refractivity contribution in [2.24, 2.45) is 7.05 Å². The standard InChI is InChI=1S/C26H27ClFN7O/c1-15-10-34(11-16(2)29-15)20-8-21(27)24-23(9-20)35(12-17-4-5-36-14-17)32-26(24)30-19-6-18-13-33(3)31-25(18)22(28)7-19/h4-9,13-16,29H,10-12H2,1-3H3,(H,30,32). The van der Waals surface area contributed by atoms with Crippen molar-refractivity contribution in [1.82, 2.24) is 24.9 Å². The molecule has 0 saturated carbocycles. The molecule has 36 heavy (non-hydrogen) atoms. The largest absolute Gasteiger partial charge is 0.472 e. The van der Waals surface area contributed by atoms with Gasteiger partial charge in [0.15, 0.2) is 11.6 Å². The molecule has 5 aromatic rings. The minimum absolute atomic E-state index is 0.334. The normalized spacial score (nSPS) is 18.4. The predicted octanol–water partition coefficient (Wildman–Crippen LogP) is 5.29. The molecule has 0 spiro atoms. The van der Waals surface area contributed by atoms with Crippen LogP contribution in [0.2, 0.25) is 5.02 Å². The summed E-state index contributed by atoms with van der Waals surface area (Å²) in [5.41, 5.74) is 3.84. The molecule has 2 aromatic carbocycles. The predicted molar refractivity (Wildman–Crippen MR) is 141 cm³/mol. The molecule has 0 aliphatic carbocycles. The molecule has 3 aromatic heterocycles. The molecule has 0 amide bonds. The monoisotopic (exact) mass is 507 g/mol. The number of hydrogen-bond acceptors (Lipinski definition) is 6. The highest BCUT2D eigenvalue weighted by Crippen LogP contribution is 2.37. The van der Waals surface area contributed by atoms with Gasteiger partial charge < -0.3 is 20.0 Å². The summed E-state index contributed by atoms with van der Waals surface area (Å²) in [5, 5.41) is 18.0. The van der Waals surface area contributed by atoms with Crippen molar-refractivity contribution in [3.05, 3.63) is 65.5 Å². The second-order valence-corrected chi connectivity index (χ2v) is 10.1. The van der Waals surface area contributed by atoms with E-state index in [1.54, 1.807) is 30.5 Å². The van der Waals surface area contributed by atoms with Crippen LogP contribution in [0.15, 0.2) is 53.5 Å².